The lowest BCUT2D eigenvalue weighted by atomic mass is 10.2. The largest absolute Gasteiger partial charge is 0.368 e. The Morgan fingerprint density at radius 3 is 2.41 bits per heavy atom. The van der Waals surface area contributed by atoms with Crippen LogP contribution in [0.2, 0.25) is 0 Å². The maximum atomic E-state index is 12.6. The van der Waals surface area contributed by atoms with Gasteiger partial charge in [0.2, 0.25) is 0 Å². The van der Waals surface area contributed by atoms with Crippen LogP contribution in [0.15, 0.2) is 46.5 Å². The third-order valence-corrected chi connectivity index (χ3v) is 5.08. The van der Waals surface area contributed by atoms with Crippen LogP contribution < -0.4 is 20.9 Å². The molecule has 1 aromatic carbocycles. The summed E-state index contributed by atoms with van der Waals surface area (Å²) in [5, 5.41) is 0.319. The molecule has 1 aliphatic heterocycles. The van der Waals surface area contributed by atoms with E-state index in [2.05, 4.69) is 19.8 Å². The Balaban J connectivity index is 1.51. The van der Waals surface area contributed by atoms with Crippen molar-refractivity contribution in [2.45, 2.75) is 13.0 Å². The molecule has 4 rings (SSSR count). The number of hydrogen-bond donors (Lipinski definition) is 0. The molecular formula is C19H20F2N6O2. The van der Waals surface area contributed by atoms with E-state index in [4.69, 9.17) is 0 Å². The summed E-state index contributed by atoms with van der Waals surface area (Å²) in [6.07, 6.45) is 0.0711. The van der Waals surface area contributed by atoms with Crippen LogP contribution in [0.4, 0.5) is 20.3 Å². The van der Waals surface area contributed by atoms with E-state index in [0.29, 0.717) is 42.9 Å². The minimum absolute atomic E-state index is 0.101. The fraction of sp³-hybridized carbons (Fsp3) is 0.368. The van der Waals surface area contributed by atoms with Crippen molar-refractivity contribution in [1.29, 1.82) is 0 Å². The molecule has 0 atom stereocenters. The number of hydrogen-bond acceptors (Lipinski definition) is 6. The Kier molecular flexibility index (Phi) is 4.99. The predicted molar refractivity (Wildman–Crippen MR) is 106 cm³/mol. The zero-order chi connectivity index (χ0) is 20.5. The molecule has 1 saturated heterocycles. The van der Waals surface area contributed by atoms with Crippen LogP contribution in [-0.2, 0) is 13.6 Å². The summed E-state index contributed by atoms with van der Waals surface area (Å²) in [6.45, 7) is 2.15. The molecule has 0 N–H and O–H groups in total. The fourth-order valence-electron chi connectivity index (χ4n) is 3.44. The van der Waals surface area contributed by atoms with E-state index < -0.39 is 18.5 Å². The van der Waals surface area contributed by atoms with E-state index in [1.165, 1.54) is 23.3 Å². The predicted octanol–water partition coefficient (Wildman–Crippen LogP) is 1.08. The second kappa shape index (κ2) is 7.61. The lowest BCUT2D eigenvalue weighted by Gasteiger charge is -2.36. The van der Waals surface area contributed by atoms with Crippen LogP contribution in [-0.4, -0.2) is 51.7 Å². The smallest absolute Gasteiger partial charge is 0.261 e. The Morgan fingerprint density at radius 2 is 1.72 bits per heavy atom. The van der Waals surface area contributed by atoms with E-state index in [1.807, 2.05) is 6.07 Å². The summed E-state index contributed by atoms with van der Waals surface area (Å²) >= 11 is 0. The molecule has 10 heteroatoms. The average molecular weight is 402 g/mol. The number of nitrogens with zero attached hydrogens (tertiary/aromatic N) is 6. The molecule has 0 saturated carbocycles. The van der Waals surface area contributed by atoms with Gasteiger partial charge in [-0.1, -0.05) is 0 Å². The third-order valence-electron chi connectivity index (χ3n) is 5.08. The van der Waals surface area contributed by atoms with E-state index in [1.54, 1.807) is 19.2 Å². The van der Waals surface area contributed by atoms with Crippen molar-refractivity contribution in [3.8, 4) is 0 Å². The molecule has 0 bridgehead atoms. The Bertz CT molecular complexity index is 1150. The molecule has 3 aromatic rings. The summed E-state index contributed by atoms with van der Waals surface area (Å²) in [6, 6.07) is 6.77. The van der Waals surface area contributed by atoms with Gasteiger partial charge in [-0.2, -0.15) is 0 Å². The number of fused-ring (bicyclic) bond motifs is 1. The van der Waals surface area contributed by atoms with E-state index in [0.717, 1.165) is 10.3 Å². The summed E-state index contributed by atoms with van der Waals surface area (Å²) in [7, 11) is 1.66. The number of rotatable bonds is 4. The van der Waals surface area contributed by atoms with E-state index in [9.17, 15) is 18.4 Å². The Labute approximate surface area is 164 Å². The maximum absolute atomic E-state index is 12.6. The zero-order valence-corrected chi connectivity index (χ0v) is 15.8. The molecule has 0 amide bonds. The third kappa shape index (κ3) is 3.82. The number of anilines is 2. The van der Waals surface area contributed by atoms with Crippen LogP contribution >= 0.6 is 0 Å². The van der Waals surface area contributed by atoms with E-state index >= 15 is 0 Å². The second-order valence-electron chi connectivity index (χ2n) is 6.96. The van der Waals surface area contributed by atoms with Gasteiger partial charge in [0, 0.05) is 45.0 Å². The van der Waals surface area contributed by atoms with Gasteiger partial charge in [-0.25, -0.2) is 18.7 Å². The van der Waals surface area contributed by atoms with Crippen LogP contribution in [0, 0.1) is 0 Å². The summed E-state index contributed by atoms with van der Waals surface area (Å²) < 4.78 is 27.5. The number of benzene rings is 1. The molecule has 0 spiro atoms. The first kappa shape index (κ1) is 19.0. The van der Waals surface area contributed by atoms with Crippen molar-refractivity contribution in [2.24, 2.45) is 7.05 Å². The quantitative estimate of drug-likeness (QED) is 0.650. The van der Waals surface area contributed by atoms with Crippen molar-refractivity contribution in [3.05, 3.63) is 57.6 Å². The summed E-state index contributed by atoms with van der Waals surface area (Å²) in [4.78, 5) is 36.8. The molecule has 8 nitrogen and oxygen atoms in total. The molecule has 2 aromatic heterocycles. The molecule has 0 radical (unpaired) electrons. The molecule has 1 aliphatic rings. The van der Waals surface area contributed by atoms with Crippen molar-refractivity contribution in [1.82, 2.24) is 19.1 Å². The molecule has 152 valence electrons. The van der Waals surface area contributed by atoms with Gasteiger partial charge in [-0.05, 0) is 18.2 Å². The summed E-state index contributed by atoms with van der Waals surface area (Å²) in [5.41, 5.74) is 0.820. The second-order valence-corrected chi connectivity index (χ2v) is 6.96. The normalized spacial score (nSPS) is 14.8. The van der Waals surface area contributed by atoms with Gasteiger partial charge in [-0.3, -0.25) is 14.2 Å². The highest BCUT2D eigenvalue weighted by Gasteiger charge is 2.19. The number of halogens is 2. The highest BCUT2D eigenvalue weighted by Crippen LogP contribution is 2.21. The van der Waals surface area contributed by atoms with Crippen molar-refractivity contribution >= 4 is 22.4 Å². The van der Waals surface area contributed by atoms with Crippen molar-refractivity contribution < 1.29 is 8.78 Å². The van der Waals surface area contributed by atoms with Crippen molar-refractivity contribution in [3.63, 3.8) is 0 Å². The lowest BCUT2D eigenvalue weighted by Crippen LogP contribution is -2.47. The Morgan fingerprint density at radius 1 is 1.00 bits per heavy atom. The molecule has 0 aliphatic carbocycles. The summed E-state index contributed by atoms with van der Waals surface area (Å²) in [5.74, 6) is 0.660. The van der Waals surface area contributed by atoms with Crippen molar-refractivity contribution in [2.75, 3.05) is 36.0 Å². The van der Waals surface area contributed by atoms with Crippen LogP contribution in [0.3, 0.4) is 0 Å². The minimum Gasteiger partial charge on any atom is -0.368 e. The number of alkyl halides is 2. The molecule has 1 fully saturated rings. The first-order valence-corrected chi connectivity index (χ1v) is 9.22. The van der Waals surface area contributed by atoms with Gasteiger partial charge in [-0.15, -0.1) is 0 Å². The topological polar surface area (TPSA) is 76.3 Å². The molecular weight excluding hydrogens is 382 g/mol. The van der Waals surface area contributed by atoms with Gasteiger partial charge in [0.25, 0.3) is 17.5 Å². The number of aryl methyl sites for hydroxylation is 1. The average Bonchev–Trinajstić information content (AvgIpc) is 2.72. The van der Waals surface area contributed by atoms with Gasteiger partial charge in [0.05, 0.1) is 30.1 Å². The van der Waals surface area contributed by atoms with Crippen LogP contribution in [0.5, 0.6) is 0 Å². The standard InChI is InChI=1S/C19H20F2N6O2/c1-24-11-23-17(9-18(24)28)26-6-4-25(5-7-26)13-2-3-14-15(8-13)22-12-27(19(14)29)10-16(20)21/h2-3,8-9,11-12,16H,4-7,10H2,1H3. The first-order chi connectivity index (χ1) is 13.9. The zero-order valence-electron chi connectivity index (χ0n) is 15.8. The fourth-order valence-corrected chi connectivity index (χ4v) is 3.44. The minimum atomic E-state index is -2.61. The molecule has 3 heterocycles. The monoisotopic (exact) mass is 402 g/mol. The van der Waals surface area contributed by atoms with Gasteiger partial charge >= 0.3 is 0 Å². The maximum Gasteiger partial charge on any atom is 0.261 e. The highest BCUT2D eigenvalue weighted by atomic mass is 19.3. The van der Waals surface area contributed by atoms with Gasteiger partial charge in [0.1, 0.15) is 5.82 Å². The number of aromatic nitrogens is 4. The van der Waals surface area contributed by atoms with Crippen LogP contribution in [0.25, 0.3) is 10.9 Å². The van der Waals surface area contributed by atoms with Gasteiger partial charge in [0.15, 0.2) is 0 Å². The SMILES string of the molecule is Cn1cnc(N2CCN(c3ccc4c(=O)n(CC(F)F)cnc4c3)CC2)cc1=O. The first-order valence-electron chi connectivity index (χ1n) is 9.22. The van der Waals surface area contributed by atoms with E-state index in [-0.39, 0.29) is 5.56 Å². The lowest BCUT2D eigenvalue weighted by molar-refractivity contribution is 0.125. The number of piperazine rings is 1. The van der Waals surface area contributed by atoms with Crippen LogP contribution in [0.1, 0.15) is 0 Å². The van der Waals surface area contributed by atoms with Gasteiger partial charge < -0.3 is 14.4 Å². The highest BCUT2D eigenvalue weighted by molar-refractivity contribution is 5.81. The molecule has 29 heavy (non-hydrogen) atoms. The molecule has 0 unspecified atom stereocenters. The Hall–Kier alpha value is -3.30.